The van der Waals surface area contributed by atoms with E-state index in [1.165, 1.54) is 51.4 Å². The fourth-order valence-electron chi connectivity index (χ4n) is 12.4. The number of fused-ring (bicyclic) bond motifs is 6. The average molecular weight is 858 g/mol. The number of aromatic nitrogens is 1. The highest BCUT2D eigenvalue weighted by atomic mass is 79.9. The largest absolute Gasteiger partial charge is 1.00 e. The van der Waals surface area contributed by atoms with Crippen molar-refractivity contribution in [1.82, 2.24) is 9.88 Å². The van der Waals surface area contributed by atoms with Gasteiger partial charge in [0, 0.05) is 41.8 Å². The Morgan fingerprint density at radius 1 is 1.04 bits per heavy atom. The van der Waals surface area contributed by atoms with Gasteiger partial charge in [0.25, 0.3) is 0 Å². The molecule has 314 valence electrons. The van der Waals surface area contributed by atoms with Crippen LogP contribution in [0.3, 0.4) is 0 Å². The average Bonchev–Trinajstić information content (AvgIpc) is 3.52. The molecular formula is C47H74BrClN4O3. The monoisotopic (exact) mass is 856 g/mol. The number of aliphatic hydroxyl groups is 1. The van der Waals surface area contributed by atoms with E-state index in [9.17, 15) is 9.90 Å². The zero-order valence-corrected chi connectivity index (χ0v) is 38.1. The molecule has 1 aromatic heterocycles. The molecule has 8 atom stereocenters. The van der Waals surface area contributed by atoms with Crippen molar-refractivity contribution in [3.05, 3.63) is 47.1 Å². The molecule has 0 radical (unpaired) electrons. The molecule has 2 N–H and O–H groups in total. The zero-order valence-electron chi connectivity index (χ0n) is 35.8. The van der Waals surface area contributed by atoms with E-state index >= 15 is 0 Å². The van der Waals surface area contributed by atoms with Crippen molar-refractivity contribution in [2.75, 3.05) is 57.7 Å². The summed E-state index contributed by atoms with van der Waals surface area (Å²) < 4.78 is 7.25. The van der Waals surface area contributed by atoms with E-state index < -0.39 is 0 Å². The minimum atomic E-state index is -0.210. The van der Waals surface area contributed by atoms with Gasteiger partial charge in [0.1, 0.15) is 12.6 Å². The Bertz CT molecular complexity index is 1630. The lowest BCUT2D eigenvalue weighted by molar-refractivity contribution is -0.924. The molecule has 0 unspecified atom stereocenters. The number of carbonyl (C=O) groups excluding carboxylic acids is 1. The van der Waals surface area contributed by atoms with E-state index in [2.05, 4.69) is 64.8 Å². The van der Waals surface area contributed by atoms with E-state index in [1.54, 1.807) is 11.8 Å². The summed E-state index contributed by atoms with van der Waals surface area (Å²) in [6, 6.07) is 7.74. The Morgan fingerprint density at radius 3 is 2.55 bits per heavy atom. The SMILES string of the molecule is CC[N+](CC)(CCO)CCN(CCNc1ccnc2cc(Cl)ccc12)C(=O)O[C@H]1CC[C@@]2(C)C(=CC[C@H]3[C@@H]4CC[C@H]([C@H](C)CCCC(C)C)[C@@]4(C)CC[C@@H]32)C1.[Br-]. The van der Waals surface area contributed by atoms with Gasteiger partial charge in [-0.05, 0) is 129 Å². The van der Waals surface area contributed by atoms with Gasteiger partial charge in [0.15, 0.2) is 0 Å². The third-order valence-corrected chi connectivity index (χ3v) is 16.2. The quantitative estimate of drug-likeness (QED) is 0.125. The summed E-state index contributed by atoms with van der Waals surface area (Å²) in [5, 5.41) is 15.1. The first-order valence-electron chi connectivity index (χ1n) is 22.3. The number of anilines is 1. The van der Waals surface area contributed by atoms with Crippen molar-refractivity contribution < 1.29 is 36.1 Å². The van der Waals surface area contributed by atoms with E-state index in [-0.39, 0.29) is 41.2 Å². The van der Waals surface area contributed by atoms with Crippen LogP contribution in [0.5, 0.6) is 0 Å². The fourth-order valence-corrected chi connectivity index (χ4v) is 12.5. The lowest BCUT2D eigenvalue weighted by Gasteiger charge is -2.58. The summed E-state index contributed by atoms with van der Waals surface area (Å²) >= 11 is 6.24. The molecule has 3 fully saturated rings. The number of pyridine rings is 1. The van der Waals surface area contributed by atoms with Gasteiger partial charge < -0.3 is 41.5 Å². The third kappa shape index (κ3) is 9.60. The molecule has 0 aliphatic heterocycles. The topological polar surface area (TPSA) is 74.7 Å². The van der Waals surface area contributed by atoms with Crippen molar-refractivity contribution in [1.29, 1.82) is 0 Å². The van der Waals surface area contributed by atoms with Gasteiger partial charge in [0.2, 0.25) is 0 Å². The first-order chi connectivity index (χ1) is 26.4. The number of allylic oxidation sites excluding steroid dienone is 1. The fraction of sp³-hybridized carbons (Fsp3) is 0.745. The number of nitrogens with zero attached hydrogens (tertiary/aromatic N) is 3. The molecule has 0 bridgehead atoms. The van der Waals surface area contributed by atoms with Crippen LogP contribution in [0.4, 0.5) is 10.5 Å². The zero-order chi connectivity index (χ0) is 39.4. The maximum absolute atomic E-state index is 14.1. The van der Waals surface area contributed by atoms with Crippen molar-refractivity contribution in [3.8, 4) is 0 Å². The molecule has 3 saturated carbocycles. The number of quaternary nitrogens is 1. The first kappa shape index (κ1) is 45.2. The molecule has 4 aliphatic carbocycles. The second kappa shape index (κ2) is 19.5. The lowest BCUT2D eigenvalue weighted by atomic mass is 9.47. The highest BCUT2D eigenvalue weighted by Gasteiger charge is 2.59. The van der Waals surface area contributed by atoms with Crippen molar-refractivity contribution in [2.24, 2.45) is 46.3 Å². The number of likely N-dealkylation sites (N-methyl/N-ethyl adjacent to an activating group) is 1. The highest BCUT2D eigenvalue weighted by molar-refractivity contribution is 6.31. The number of benzene rings is 1. The Labute approximate surface area is 355 Å². The molecule has 2 aromatic rings. The van der Waals surface area contributed by atoms with Crippen LogP contribution in [0.1, 0.15) is 119 Å². The third-order valence-electron chi connectivity index (χ3n) is 15.9. The molecule has 1 amide bonds. The highest BCUT2D eigenvalue weighted by Crippen LogP contribution is 2.67. The summed E-state index contributed by atoms with van der Waals surface area (Å²) in [5.74, 6) is 4.92. The molecular weight excluding hydrogens is 784 g/mol. The van der Waals surface area contributed by atoms with Gasteiger partial charge in [-0.3, -0.25) is 4.98 Å². The van der Waals surface area contributed by atoms with Gasteiger partial charge >= 0.3 is 6.09 Å². The molecule has 1 heterocycles. The summed E-state index contributed by atoms with van der Waals surface area (Å²) in [7, 11) is 0. The van der Waals surface area contributed by atoms with Crippen LogP contribution in [-0.4, -0.2) is 84.1 Å². The summed E-state index contributed by atoms with van der Waals surface area (Å²) in [6.45, 7) is 22.1. The number of amides is 1. The van der Waals surface area contributed by atoms with E-state index in [0.29, 0.717) is 36.6 Å². The Balaban J connectivity index is 0.00000600. The maximum atomic E-state index is 14.1. The Kier molecular flexibility index (Phi) is 15.7. The van der Waals surface area contributed by atoms with Gasteiger partial charge in [-0.2, -0.15) is 0 Å². The summed E-state index contributed by atoms with van der Waals surface area (Å²) in [6.07, 6.45) is 18.0. The number of hydrogen-bond acceptors (Lipinski definition) is 5. The number of halogens is 2. The molecule has 9 heteroatoms. The minimum Gasteiger partial charge on any atom is -1.00 e. The van der Waals surface area contributed by atoms with Crippen LogP contribution >= 0.6 is 11.6 Å². The van der Waals surface area contributed by atoms with Crippen LogP contribution in [0.2, 0.25) is 5.02 Å². The van der Waals surface area contributed by atoms with E-state index in [1.807, 2.05) is 29.2 Å². The molecule has 6 rings (SSSR count). The Hall–Kier alpha value is -1.87. The van der Waals surface area contributed by atoms with Gasteiger partial charge in [0.05, 0.1) is 38.3 Å². The normalized spacial score (nSPS) is 29.1. The Morgan fingerprint density at radius 2 is 1.82 bits per heavy atom. The molecule has 56 heavy (non-hydrogen) atoms. The molecule has 0 spiro atoms. The maximum Gasteiger partial charge on any atom is 0.410 e. The number of nitrogens with one attached hydrogen (secondary N) is 1. The number of ether oxygens (including phenoxy) is 1. The van der Waals surface area contributed by atoms with Crippen LogP contribution < -0.4 is 22.3 Å². The van der Waals surface area contributed by atoms with Crippen LogP contribution in [0.25, 0.3) is 10.9 Å². The molecule has 4 aliphatic rings. The van der Waals surface area contributed by atoms with Crippen molar-refractivity contribution >= 4 is 34.3 Å². The van der Waals surface area contributed by atoms with Gasteiger partial charge in [-0.25, -0.2) is 4.79 Å². The van der Waals surface area contributed by atoms with Gasteiger partial charge in [-0.1, -0.05) is 77.1 Å². The van der Waals surface area contributed by atoms with Crippen LogP contribution in [0.15, 0.2) is 42.1 Å². The standard InChI is InChI=1S/C47H74ClN4O3.BrH/c1-8-52(9-2,29-30-53)28-27-51(26-25-50-43-21-24-49-44-32-36(48)14-16-39(43)44)45(54)55-37-19-22-46(6)35(31-37)13-15-38-41-18-17-40(34(5)12-10-11-33(3)4)47(41,7)23-20-42(38)46;/h13-14,16,21,24,32-34,37-38,40-42,53H,8-12,15,17-20,22-23,25-31H2,1-7H3,(H,49,50);1H/q+1;/p-1/t34-,37+,38+,40-,41+,42+,46+,47-;/m1./s1. The predicted molar refractivity (Wildman–Crippen MR) is 228 cm³/mol. The minimum absolute atomic E-state index is 0. The van der Waals surface area contributed by atoms with Crippen molar-refractivity contribution in [3.63, 3.8) is 0 Å². The van der Waals surface area contributed by atoms with Gasteiger partial charge in [-0.15, -0.1) is 0 Å². The van der Waals surface area contributed by atoms with Crippen molar-refractivity contribution in [2.45, 2.75) is 125 Å². The second-order valence-corrected chi connectivity index (χ2v) is 19.6. The van der Waals surface area contributed by atoms with Crippen LogP contribution in [-0.2, 0) is 4.74 Å². The van der Waals surface area contributed by atoms with E-state index in [0.717, 1.165) is 95.5 Å². The summed E-state index contributed by atoms with van der Waals surface area (Å²) in [4.78, 5) is 20.5. The van der Waals surface area contributed by atoms with Crippen LogP contribution in [0, 0.1) is 46.3 Å². The second-order valence-electron chi connectivity index (χ2n) is 19.1. The first-order valence-corrected chi connectivity index (χ1v) is 22.6. The summed E-state index contributed by atoms with van der Waals surface area (Å²) in [5.41, 5.74) is 4.09. The number of hydrogen-bond donors (Lipinski definition) is 2. The smallest absolute Gasteiger partial charge is 0.410 e. The number of aliphatic hydroxyl groups excluding tert-OH is 1. The number of rotatable bonds is 17. The number of carbonyl (C=O) groups is 1. The van der Waals surface area contributed by atoms with E-state index in [4.69, 9.17) is 16.3 Å². The molecule has 0 saturated heterocycles. The lowest BCUT2D eigenvalue weighted by Crippen LogP contribution is -3.00. The molecule has 7 nitrogen and oxygen atoms in total. The molecule has 1 aromatic carbocycles. The predicted octanol–water partition coefficient (Wildman–Crippen LogP) is 8.00.